The van der Waals surface area contributed by atoms with Crippen molar-refractivity contribution in [2.45, 2.75) is 19.4 Å². The van der Waals surface area contributed by atoms with E-state index in [0.717, 1.165) is 0 Å². The van der Waals surface area contributed by atoms with Gasteiger partial charge < -0.3 is 9.64 Å². The summed E-state index contributed by atoms with van der Waals surface area (Å²) in [5.74, 6) is -0.757. The number of carbonyl (C=O) groups is 2. The molecule has 5 nitrogen and oxygen atoms in total. The standard InChI is InChI=1S/C14H15BrN2O3/c1-9(4-5-16)17(2)13(18)10-6-11(14(19)20-3)8-12(15)7-10/h6-9H,4H2,1-3H3/t9-/m1/s1. The predicted octanol–water partition coefficient (Wildman–Crippen LogP) is 2.61. The van der Waals surface area contributed by atoms with Crippen LogP contribution in [0.25, 0.3) is 0 Å². The molecule has 0 saturated heterocycles. The van der Waals surface area contributed by atoms with Crippen molar-refractivity contribution >= 4 is 27.8 Å². The molecular formula is C14H15BrN2O3. The molecule has 0 heterocycles. The highest BCUT2D eigenvalue weighted by molar-refractivity contribution is 9.10. The number of halogens is 1. The third kappa shape index (κ3) is 3.81. The Labute approximate surface area is 126 Å². The van der Waals surface area contributed by atoms with Gasteiger partial charge in [-0.15, -0.1) is 0 Å². The van der Waals surface area contributed by atoms with Crippen LogP contribution in [-0.4, -0.2) is 37.0 Å². The lowest BCUT2D eigenvalue weighted by Crippen LogP contribution is -2.34. The molecular weight excluding hydrogens is 324 g/mol. The Bertz CT molecular complexity index is 566. The molecule has 0 N–H and O–H groups in total. The number of hydrogen-bond donors (Lipinski definition) is 0. The summed E-state index contributed by atoms with van der Waals surface area (Å²) in [7, 11) is 2.91. The fourth-order valence-corrected chi connectivity index (χ4v) is 2.11. The average Bonchev–Trinajstić information content (AvgIpc) is 2.44. The van der Waals surface area contributed by atoms with E-state index in [1.165, 1.54) is 18.1 Å². The zero-order valence-corrected chi connectivity index (χ0v) is 13.1. The van der Waals surface area contributed by atoms with Gasteiger partial charge in [-0.25, -0.2) is 4.79 Å². The first kappa shape index (κ1) is 16.2. The monoisotopic (exact) mass is 338 g/mol. The maximum atomic E-state index is 12.3. The van der Waals surface area contributed by atoms with E-state index in [1.807, 2.05) is 6.07 Å². The van der Waals surface area contributed by atoms with Crippen LogP contribution in [0.2, 0.25) is 0 Å². The highest BCUT2D eigenvalue weighted by Crippen LogP contribution is 2.19. The number of benzene rings is 1. The lowest BCUT2D eigenvalue weighted by molar-refractivity contribution is 0.0600. The van der Waals surface area contributed by atoms with Crippen LogP contribution in [0.3, 0.4) is 0 Å². The summed E-state index contributed by atoms with van der Waals surface area (Å²) < 4.78 is 5.26. The van der Waals surface area contributed by atoms with Crippen LogP contribution < -0.4 is 0 Å². The molecule has 0 aromatic heterocycles. The Balaban J connectivity index is 3.07. The molecule has 0 aliphatic rings. The van der Waals surface area contributed by atoms with Gasteiger partial charge in [-0.3, -0.25) is 4.79 Å². The molecule has 20 heavy (non-hydrogen) atoms. The Morgan fingerprint density at radius 1 is 1.40 bits per heavy atom. The third-order valence-corrected chi connectivity index (χ3v) is 3.39. The lowest BCUT2D eigenvalue weighted by atomic mass is 10.1. The van der Waals surface area contributed by atoms with Crippen LogP contribution in [-0.2, 0) is 4.74 Å². The number of hydrogen-bond acceptors (Lipinski definition) is 4. The van der Waals surface area contributed by atoms with Gasteiger partial charge in [-0.2, -0.15) is 5.26 Å². The first-order valence-corrected chi connectivity index (χ1v) is 6.73. The Kier molecular flexibility index (Phi) is 5.71. The van der Waals surface area contributed by atoms with E-state index >= 15 is 0 Å². The second-order valence-corrected chi connectivity index (χ2v) is 5.26. The summed E-state index contributed by atoms with van der Waals surface area (Å²) in [6.45, 7) is 1.79. The van der Waals surface area contributed by atoms with E-state index in [0.29, 0.717) is 15.6 Å². The summed E-state index contributed by atoms with van der Waals surface area (Å²) in [6, 6.07) is 6.52. The van der Waals surface area contributed by atoms with Crippen LogP contribution in [0.5, 0.6) is 0 Å². The molecule has 0 saturated carbocycles. The number of rotatable bonds is 4. The van der Waals surface area contributed by atoms with Gasteiger partial charge in [0, 0.05) is 23.1 Å². The third-order valence-electron chi connectivity index (χ3n) is 2.93. The minimum atomic E-state index is -0.506. The summed E-state index contributed by atoms with van der Waals surface area (Å²) in [5.41, 5.74) is 0.665. The predicted molar refractivity (Wildman–Crippen MR) is 77.3 cm³/mol. The van der Waals surface area contributed by atoms with Crippen molar-refractivity contribution in [1.29, 1.82) is 5.26 Å². The van der Waals surface area contributed by atoms with Crippen molar-refractivity contribution in [3.05, 3.63) is 33.8 Å². The number of amides is 1. The van der Waals surface area contributed by atoms with Crippen LogP contribution in [0.1, 0.15) is 34.1 Å². The van der Waals surface area contributed by atoms with Crippen LogP contribution in [0.15, 0.2) is 22.7 Å². The second-order valence-electron chi connectivity index (χ2n) is 4.35. The molecule has 0 aliphatic heterocycles. The van der Waals surface area contributed by atoms with Gasteiger partial charge in [0.05, 0.1) is 25.2 Å². The van der Waals surface area contributed by atoms with Crippen molar-refractivity contribution in [2.24, 2.45) is 0 Å². The number of nitriles is 1. The quantitative estimate of drug-likeness (QED) is 0.791. The van der Waals surface area contributed by atoms with Crippen LogP contribution in [0.4, 0.5) is 0 Å². The summed E-state index contributed by atoms with van der Waals surface area (Å²) in [5, 5.41) is 8.67. The topological polar surface area (TPSA) is 70.4 Å². The highest BCUT2D eigenvalue weighted by atomic mass is 79.9. The normalized spacial score (nSPS) is 11.3. The number of ether oxygens (including phenoxy) is 1. The highest BCUT2D eigenvalue weighted by Gasteiger charge is 2.19. The van der Waals surface area contributed by atoms with Gasteiger partial charge >= 0.3 is 5.97 Å². The molecule has 0 aliphatic carbocycles. The van der Waals surface area contributed by atoms with Gasteiger partial charge in [-0.1, -0.05) is 15.9 Å². The Morgan fingerprint density at radius 3 is 2.55 bits per heavy atom. The molecule has 0 bridgehead atoms. The average molecular weight is 339 g/mol. The number of esters is 1. The molecule has 1 amide bonds. The molecule has 6 heteroatoms. The number of methoxy groups -OCH3 is 1. The molecule has 0 spiro atoms. The number of carbonyl (C=O) groups excluding carboxylic acids is 2. The van der Waals surface area contributed by atoms with Gasteiger partial charge in [0.2, 0.25) is 0 Å². The van der Waals surface area contributed by atoms with Gasteiger partial charge in [0.15, 0.2) is 0 Å². The van der Waals surface area contributed by atoms with E-state index in [4.69, 9.17) is 5.26 Å². The van der Waals surface area contributed by atoms with Crippen LogP contribution >= 0.6 is 15.9 Å². The summed E-state index contributed by atoms with van der Waals surface area (Å²) >= 11 is 3.26. The molecule has 106 valence electrons. The van der Waals surface area contributed by atoms with Crippen molar-refractivity contribution in [3.8, 4) is 6.07 Å². The van der Waals surface area contributed by atoms with Gasteiger partial charge in [-0.05, 0) is 25.1 Å². The lowest BCUT2D eigenvalue weighted by Gasteiger charge is -2.23. The minimum Gasteiger partial charge on any atom is -0.465 e. The van der Waals surface area contributed by atoms with E-state index in [1.54, 1.807) is 26.1 Å². The summed E-state index contributed by atoms with van der Waals surface area (Å²) in [6.07, 6.45) is 0.250. The van der Waals surface area contributed by atoms with E-state index in [2.05, 4.69) is 20.7 Å². The molecule has 1 aromatic rings. The smallest absolute Gasteiger partial charge is 0.337 e. The van der Waals surface area contributed by atoms with E-state index in [-0.39, 0.29) is 18.4 Å². The molecule has 0 fully saturated rings. The van der Waals surface area contributed by atoms with Crippen molar-refractivity contribution < 1.29 is 14.3 Å². The second kappa shape index (κ2) is 7.06. The fraction of sp³-hybridized carbons (Fsp3) is 0.357. The molecule has 1 rings (SSSR count). The summed E-state index contributed by atoms with van der Waals surface area (Å²) in [4.78, 5) is 25.3. The minimum absolute atomic E-state index is 0.201. The van der Waals surface area contributed by atoms with Crippen molar-refractivity contribution in [3.63, 3.8) is 0 Å². The fourth-order valence-electron chi connectivity index (χ4n) is 1.62. The Hall–Kier alpha value is -1.87. The molecule has 1 atom stereocenters. The van der Waals surface area contributed by atoms with E-state index in [9.17, 15) is 9.59 Å². The largest absolute Gasteiger partial charge is 0.465 e. The molecule has 1 aromatic carbocycles. The molecule has 0 radical (unpaired) electrons. The van der Waals surface area contributed by atoms with E-state index < -0.39 is 5.97 Å². The maximum absolute atomic E-state index is 12.3. The molecule has 0 unspecified atom stereocenters. The van der Waals surface area contributed by atoms with Crippen molar-refractivity contribution in [2.75, 3.05) is 14.2 Å². The maximum Gasteiger partial charge on any atom is 0.337 e. The van der Waals surface area contributed by atoms with Gasteiger partial charge in [0.25, 0.3) is 5.91 Å². The zero-order valence-electron chi connectivity index (χ0n) is 11.5. The first-order chi connectivity index (χ1) is 9.40. The van der Waals surface area contributed by atoms with Gasteiger partial charge in [0.1, 0.15) is 0 Å². The zero-order chi connectivity index (χ0) is 15.3. The van der Waals surface area contributed by atoms with Crippen molar-refractivity contribution in [1.82, 2.24) is 4.90 Å². The van der Waals surface area contributed by atoms with Crippen LogP contribution in [0, 0.1) is 11.3 Å². The first-order valence-electron chi connectivity index (χ1n) is 5.93. The Morgan fingerprint density at radius 2 is 2.00 bits per heavy atom. The number of nitrogens with zero attached hydrogens (tertiary/aromatic N) is 2. The SMILES string of the molecule is COC(=O)c1cc(Br)cc(C(=O)N(C)[C@H](C)CC#N)c1.